The third-order valence-electron chi connectivity index (χ3n) is 5.75. The minimum atomic E-state index is -0.152. The Balaban J connectivity index is 1.41. The first kappa shape index (κ1) is 22.2. The largest absolute Gasteiger partial charge is 0.493 e. The molecule has 1 atom stereocenters. The van der Waals surface area contributed by atoms with Crippen molar-refractivity contribution in [1.82, 2.24) is 10.3 Å². The van der Waals surface area contributed by atoms with Gasteiger partial charge < -0.3 is 20.1 Å². The molecule has 0 aliphatic carbocycles. The lowest BCUT2D eigenvalue weighted by Crippen LogP contribution is -2.21. The minimum Gasteiger partial charge on any atom is -0.493 e. The summed E-state index contributed by atoms with van der Waals surface area (Å²) in [6, 6.07) is 13.8. The molecule has 1 amide bonds. The van der Waals surface area contributed by atoms with Crippen LogP contribution >= 0.6 is 0 Å². The second kappa shape index (κ2) is 10.1. The van der Waals surface area contributed by atoms with Crippen molar-refractivity contribution in [3.8, 4) is 5.75 Å². The number of aryl methyl sites for hydroxylation is 1. The summed E-state index contributed by atoms with van der Waals surface area (Å²) in [5.74, 6) is 1.06. The van der Waals surface area contributed by atoms with Crippen molar-refractivity contribution >= 4 is 22.5 Å². The van der Waals surface area contributed by atoms with Gasteiger partial charge in [-0.3, -0.25) is 9.78 Å². The SMILES string of the molecule is Cc1c(NC(=O)c2ccc(OCC3CCOC3)cc2)ccc2cc(CNC(C)C)cnc12. The summed E-state index contributed by atoms with van der Waals surface area (Å²) in [5, 5.41) is 7.50. The maximum absolute atomic E-state index is 12.8. The summed E-state index contributed by atoms with van der Waals surface area (Å²) in [6.07, 6.45) is 2.93. The molecule has 1 aromatic heterocycles. The molecule has 0 radical (unpaired) electrons. The molecule has 1 unspecified atom stereocenters. The number of benzene rings is 2. The van der Waals surface area contributed by atoms with Gasteiger partial charge in [0.05, 0.1) is 18.7 Å². The van der Waals surface area contributed by atoms with Gasteiger partial charge in [0.2, 0.25) is 0 Å². The van der Waals surface area contributed by atoms with E-state index < -0.39 is 0 Å². The van der Waals surface area contributed by atoms with Crippen molar-refractivity contribution in [3.05, 3.63) is 65.4 Å². The zero-order chi connectivity index (χ0) is 22.5. The third-order valence-corrected chi connectivity index (χ3v) is 5.75. The highest BCUT2D eigenvalue weighted by Crippen LogP contribution is 2.25. The Labute approximate surface area is 189 Å². The van der Waals surface area contributed by atoms with Gasteiger partial charge in [0.25, 0.3) is 5.91 Å². The number of rotatable bonds is 8. The summed E-state index contributed by atoms with van der Waals surface area (Å²) in [6.45, 7) is 9.24. The van der Waals surface area contributed by atoms with Crippen LogP contribution in [0.5, 0.6) is 5.75 Å². The molecule has 168 valence electrons. The van der Waals surface area contributed by atoms with Crippen LogP contribution in [-0.4, -0.2) is 36.8 Å². The average Bonchev–Trinajstić information content (AvgIpc) is 3.32. The zero-order valence-electron chi connectivity index (χ0n) is 19.0. The van der Waals surface area contributed by atoms with Gasteiger partial charge in [0.15, 0.2) is 0 Å². The fourth-order valence-electron chi connectivity index (χ4n) is 3.77. The van der Waals surface area contributed by atoms with Crippen molar-refractivity contribution < 1.29 is 14.3 Å². The highest BCUT2D eigenvalue weighted by Gasteiger charge is 2.16. The summed E-state index contributed by atoms with van der Waals surface area (Å²) >= 11 is 0. The fourth-order valence-corrected chi connectivity index (χ4v) is 3.77. The van der Waals surface area contributed by atoms with Crippen LogP contribution in [0.3, 0.4) is 0 Å². The second-order valence-electron chi connectivity index (χ2n) is 8.71. The van der Waals surface area contributed by atoms with Crippen LogP contribution in [0.1, 0.15) is 41.8 Å². The predicted octanol–water partition coefficient (Wildman–Crippen LogP) is 4.71. The maximum Gasteiger partial charge on any atom is 0.255 e. The topological polar surface area (TPSA) is 72.5 Å². The lowest BCUT2D eigenvalue weighted by atomic mass is 10.1. The molecular weight excluding hydrogens is 402 g/mol. The highest BCUT2D eigenvalue weighted by molar-refractivity contribution is 6.06. The number of carbonyl (C=O) groups excluding carboxylic acids is 1. The van der Waals surface area contributed by atoms with E-state index >= 15 is 0 Å². The molecule has 0 saturated carbocycles. The van der Waals surface area contributed by atoms with Crippen molar-refractivity contribution in [3.63, 3.8) is 0 Å². The molecular formula is C26H31N3O3. The Hall–Kier alpha value is -2.96. The van der Waals surface area contributed by atoms with E-state index in [0.717, 1.165) is 59.6 Å². The molecule has 1 saturated heterocycles. The van der Waals surface area contributed by atoms with Gasteiger partial charge in [-0.1, -0.05) is 19.9 Å². The summed E-state index contributed by atoms with van der Waals surface area (Å²) < 4.78 is 11.2. The van der Waals surface area contributed by atoms with E-state index in [2.05, 4.69) is 35.5 Å². The van der Waals surface area contributed by atoms with Crippen LogP contribution in [0.15, 0.2) is 48.7 Å². The number of pyridine rings is 1. The van der Waals surface area contributed by atoms with E-state index in [1.807, 2.05) is 37.4 Å². The number of hydrogen-bond donors (Lipinski definition) is 2. The fraction of sp³-hybridized carbons (Fsp3) is 0.385. The molecule has 1 fully saturated rings. The minimum absolute atomic E-state index is 0.152. The van der Waals surface area contributed by atoms with Gasteiger partial charge in [0, 0.05) is 47.9 Å². The zero-order valence-corrected chi connectivity index (χ0v) is 19.0. The van der Waals surface area contributed by atoms with Crippen LogP contribution < -0.4 is 15.4 Å². The molecule has 6 nitrogen and oxygen atoms in total. The van der Waals surface area contributed by atoms with E-state index in [1.54, 1.807) is 12.1 Å². The van der Waals surface area contributed by atoms with Gasteiger partial charge >= 0.3 is 0 Å². The lowest BCUT2D eigenvalue weighted by Gasteiger charge is -2.13. The van der Waals surface area contributed by atoms with E-state index in [9.17, 15) is 4.79 Å². The molecule has 2 heterocycles. The molecule has 3 aromatic rings. The van der Waals surface area contributed by atoms with Gasteiger partial charge in [-0.15, -0.1) is 0 Å². The molecule has 2 aromatic carbocycles. The van der Waals surface area contributed by atoms with E-state index in [0.29, 0.717) is 24.1 Å². The van der Waals surface area contributed by atoms with Gasteiger partial charge in [-0.2, -0.15) is 0 Å². The number of amides is 1. The third kappa shape index (κ3) is 5.44. The molecule has 2 N–H and O–H groups in total. The van der Waals surface area contributed by atoms with Gasteiger partial charge in [-0.05, 0) is 60.9 Å². The average molecular weight is 434 g/mol. The van der Waals surface area contributed by atoms with Gasteiger partial charge in [0.1, 0.15) is 5.75 Å². The Kier molecular flexibility index (Phi) is 7.02. The summed E-state index contributed by atoms with van der Waals surface area (Å²) in [4.78, 5) is 17.4. The molecule has 6 heteroatoms. The Morgan fingerprint density at radius 3 is 2.75 bits per heavy atom. The molecule has 0 spiro atoms. The van der Waals surface area contributed by atoms with Crippen LogP contribution in [0.4, 0.5) is 5.69 Å². The molecule has 32 heavy (non-hydrogen) atoms. The highest BCUT2D eigenvalue weighted by atomic mass is 16.5. The summed E-state index contributed by atoms with van der Waals surface area (Å²) in [7, 11) is 0. The molecule has 1 aliphatic heterocycles. The Morgan fingerprint density at radius 1 is 1.22 bits per heavy atom. The number of ether oxygens (including phenoxy) is 2. The monoisotopic (exact) mass is 433 g/mol. The molecule has 0 bridgehead atoms. The Bertz CT molecular complexity index is 1070. The van der Waals surface area contributed by atoms with E-state index in [1.165, 1.54) is 0 Å². The number of aromatic nitrogens is 1. The molecule has 1 aliphatic rings. The van der Waals surface area contributed by atoms with E-state index in [-0.39, 0.29) is 5.91 Å². The smallest absolute Gasteiger partial charge is 0.255 e. The lowest BCUT2D eigenvalue weighted by molar-refractivity contribution is 0.102. The standard InChI is InChI=1S/C26H31N3O3/c1-17(2)27-13-20-12-22-6-9-24(18(3)25(22)28-14-20)29-26(30)21-4-7-23(8-5-21)32-16-19-10-11-31-15-19/h4-9,12,14,17,19,27H,10-11,13,15-16H2,1-3H3,(H,29,30). The van der Waals surface area contributed by atoms with Crippen molar-refractivity contribution in [1.29, 1.82) is 0 Å². The van der Waals surface area contributed by atoms with Crippen molar-refractivity contribution in [2.75, 3.05) is 25.1 Å². The number of nitrogens with one attached hydrogen (secondary N) is 2. The number of anilines is 1. The van der Waals surface area contributed by atoms with E-state index in [4.69, 9.17) is 9.47 Å². The number of hydrogen-bond acceptors (Lipinski definition) is 5. The Morgan fingerprint density at radius 2 is 2.03 bits per heavy atom. The number of fused-ring (bicyclic) bond motifs is 1. The number of nitrogens with zero attached hydrogens (tertiary/aromatic N) is 1. The van der Waals surface area contributed by atoms with Crippen LogP contribution in [0.2, 0.25) is 0 Å². The first-order chi connectivity index (χ1) is 15.5. The van der Waals surface area contributed by atoms with Crippen LogP contribution in [0, 0.1) is 12.8 Å². The van der Waals surface area contributed by atoms with Crippen molar-refractivity contribution in [2.24, 2.45) is 5.92 Å². The summed E-state index contributed by atoms with van der Waals surface area (Å²) in [5.41, 5.74) is 4.35. The predicted molar refractivity (Wildman–Crippen MR) is 127 cm³/mol. The quantitative estimate of drug-likeness (QED) is 0.538. The van der Waals surface area contributed by atoms with Crippen LogP contribution in [-0.2, 0) is 11.3 Å². The normalized spacial score (nSPS) is 15.9. The maximum atomic E-state index is 12.8. The van der Waals surface area contributed by atoms with Gasteiger partial charge in [-0.25, -0.2) is 0 Å². The van der Waals surface area contributed by atoms with Crippen molar-refractivity contribution in [2.45, 2.75) is 39.8 Å². The first-order valence-corrected chi connectivity index (χ1v) is 11.2. The molecule has 4 rings (SSSR count). The first-order valence-electron chi connectivity index (χ1n) is 11.2. The second-order valence-corrected chi connectivity index (χ2v) is 8.71. The van der Waals surface area contributed by atoms with Crippen LogP contribution in [0.25, 0.3) is 10.9 Å². The number of carbonyl (C=O) groups is 1.